The van der Waals surface area contributed by atoms with Gasteiger partial charge in [0.15, 0.2) is 0 Å². The number of pyridine rings is 1. The van der Waals surface area contributed by atoms with Crippen LogP contribution in [0.15, 0.2) is 71.8 Å². The largest absolute Gasteiger partial charge is 0.497 e. The Labute approximate surface area is 163 Å². The first-order valence-corrected chi connectivity index (χ1v) is 9.88. The summed E-state index contributed by atoms with van der Waals surface area (Å²) in [4.78, 5) is 16.6. The van der Waals surface area contributed by atoms with Crippen molar-refractivity contribution in [3.8, 4) is 5.75 Å². The number of nitrogens with zero attached hydrogens (tertiary/aromatic N) is 1. The van der Waals surface area contributed by atoms with Gasteiger partial charge in [0.1, 0.15) is 11.4 Å². The monoisotopic (exact) mass is 397 g/mol. The number of methoxy groups -OCH3 is 1. The third-order valence-electron chi connectivity index (χ3n) is 4.02. The molecule has 0 aliphatic heterocycles. The van der Waals surface area contributed by atoms with Crippen LogP contribution in [0.4, 0.5) is 11.4 Å². The Bertz CT molecular complexity index is 1080. The first-order valence-electron chi connectivity index (χ1n) is 8.39. The first kappa shape index (κ1) is 19.4. The van der Waals surface area contributed by atoms with E-state index in [1.165, 1.54) is 25.4 Å². The molecule has 0 radical (unpaired) electrons. The summed E-state index contributed by atoms with van der Waals surface area (Å²) in [6, 6.07) is 16.1. The van der Waals surface area contributed by atoms with E-state index in [2.05, 4.69) is 15.0 Å². The molecule has 0 aliphatic rings. The van der Waals surface area contributed by atoms with Gasteiger partial charge in [0, 0.05) is 6.20 Å². The number of anilines is 2. The van der Waals surface area contributed by atoms with Gasteiger partial charge in [0.25, 0.3) is 15.9 Å². The van der Waals surface area contributed by atoms with E-state index in [9.17, 15) is 13.2 Å². The maximum absolute atomic E-state index is 12.7. The summed E-state index contributed by atoms with van der Waals surface area (Å²) in [6.45, 7) is 1.78. The van der Waals surface area contributed by atoms with Crippen molar-refractivity contribution in [3.05, 3.63) is 78.1 Å². The van der Waals surface area contributed by atoms with Gasteiger partial charge in [0.2, 0.25) is 0 Å². The van der Waals surface area contributed by atoms with Gasteiger partial charge >= 0.3 is 0 Å². The molecule has 1 aromatic heterocycles. The van der Waals surface area contributed by atoms with Crippen LogP contribution in [-0.2, 0) is 10.0 Å². The Morgan fingerprint density at radius 3 is 2.39 bits per heavy atom. The van der Waals surface area contributed by atoms with Gasteiger partial charge in [-0.2, -0.15) is 0 Å². The molecular formula is C20H19N3O4S. The van der Waals surface area contributed by atoms with Crippen molar-refractivity contribution in [2.75, 3.05) is 17.1 Å². The van der Waals surface area contributed by atoms with E-state index in [1.807, 2.05) is 0 Å². The van der Waals surface area contributed by atoms with Crippen molar-refractivity contribution in [2.45, 2.75) is 11.8 Å². The topological polar surface area (TPSA) is 97.4 Å². The average Bonchev–Trinajstić information content (AvgIpc) is 2.71. The average molecular weight is 397 g/mol. The summed E-state index contributed by atoms with van der Waals surface area (Å²) in [5.74, 6) is 0.123. The van der Waals surface area contributed by atoms with Crippen LogP contribution in [0.1, 0.15) is 16.1 Å². The molecule has 3 rings (SSSR count). The van der Waals surface area contributed by atoms with Crippen molar-refractivity contribution < 1.29 is 17.9 Å². The molecule has 0 fully saturated rings. The minimum atomic E-state index is -3.85. The Morgan fingerprint density at radius 2 is 1.75 bits per heavy atom. The van der Waals surface area contributed by atoms with Crippen LogP contribution in [0.5, 0.6) is 5.75 Å². The highest BCUT2D eigenvalue weighted by Crippen LogP contribution is 2.29. The summed E-state index contributed by atoms with van der Waals surface area (Å²) in [6.07, 6.45) is 1.51. The normalized spacial score (nSPS) is 10.9. The summed E-state index contributed by atoms with van der Waals surface area (Å²) in [7, 11) is -2.35. The quantitative estimate of drug-likeness (QED) is 0.664. The lowest BCUT2D eigenvalue weighted by Gasteiger charge is -2.16. The van der Waals surface area contributed by atoms with Crippen LogP contribution < -0.4 is 14.8 Å². The zero-order chi connectivity index (χ0) is 20.1. The number of hydrogen-bond donors (Lipinski definition) is 2. The van der Waals surface area contributed by atoms with Crippen molar-refractivity contribution in [2.24, 2.45) is 0 Å². The maximum Gasteiger partial charge on any atom is 0.274 e. The fourth-order valence-corrected chi connectivity index (χ4v) is 3.62. The molecule has 1 heterocycles. The lowest BCUT2D eigenvalue weighted by Crippen LogP contribution is -2.18. The Kier molecular flexibility index (Phi) is 5.60. The molecule has 7 nitrogen and oxygen atoms in total. The summed E-state index contributed by atoms with van der Waals surface area (Å²) < 4.78 is 33.1. The third kappa shape index (κ3) is 4.29. The Hall–Kier alpha value is -3.39. The van der Waals surface area contributed by atoms with Gasteiger partial charge in [-0.25, -0.2) is 8.42 Å². The lowest BCUT2D eigenvalue weighted by molar-refractivity contribution is 0.102. The summed E-state index contributed by atoms with van der Waals surface area (Å²) >= 11 is 0. The fraction of sp³-hybridized carbons (Fsp3) is 0.100. The van der Waals surface area contributed by atoms with Crippen LogP contribution in [0.2, 0.25) is 0 Å². The van der Waals surface area contributed by atoms with Gasteiger partial charge < -0.3 is 10.1 Å². The first-order chi connectivity index (χ1) is 13.4. The van der Waals surface area contributed by atoms with E-state index in [1.54, 1.807) is 55.5 Å². The van der Waals surface area contributed by atoms with Crippen molar-refractivity contribution in [3.63, 3.8) is 0 Å². The number of benzene rings is 2. The smallest absolute Gasteiger partial charge is 0.274 e. The van der Waals surface area contributed by atoms with Crippen LogP contribution in [0.3, 0.4) is 0 Å². The van der Waals surface area contributed by atoms with Crippen LogP contribution >= 0.6 is 0 Å². The number of amides is 1. The standard InChI is InChI=1S/C20H19N3O4S/c1-14-6-5-8-17(19(14)22-20(24)18-7-3-4-13-21-18)23-28(25,26)16-11-9-15(27-2)10-12-16/h3-13,23H,1-2H3,(H,22,24). The molecule has 0 atom stereocenters. The number of aryl methyl sites for hydroxylation is 1. The van der Waals surface area contributed by atoms with Crippen molar-refractivity contribution in [1.82, 2.24) is 4.98 Å². The number of carbonyl (C=O) groups is 1. The molecule has 0 spiro atoms. The zero-order valence-electron chi connectivity index (χ0n) is 15.3. The molecule has 3 aromatic rings. The lowest BCUT2D eigenvalue weighted by atomic mass is 10.1. The molecule has 0 saturated carbocycles. The van der Waals surface area contributed by atoms with E-state index < -0.39 is 15.9 Å². The van der Waals surface area contributed by atoms with Crippen molar-refractivity contribution >= 4 is 27.3 Å². The molecule has 0 bridgehead atoms. The highest BCUT2D eigenvalue weighted by atomic mass is 32.2. The van der Waals surface area contributed by atoms with E-state index >= 15 is 0 Å². The Morgan fingerprint density at radius 1 is 1.00 bits per heavy atom. The predicted molar refractivity (Wildman–Crippen MR) is 107 cm³/mol. The molecule has 1 amide bonds. The molecular weight excluding hydrogens is 378 g/mol. The zero-order valence-corrected chi connectivity index (χ0v) is 16.2. The van der Waals surface area contributed by atoms with E-state index in [0.717, 1.165) is 0 Å². The van der Waals surface area contributed by atoms with E-state index in [4.69, 9.17) is 4.74 Å². The van der Waals surface area contributed by atoms with Crippen LogP contribution in [0, 0.1) is 6.92 Å². The maximum atomic E-state index is 12.7. The predicted octanol–water partition coefficient (Wildman–Crippen LogP) is 3.45. The number of sulfonamides is 1. The number of ether oxygens (including phenoxy) is 1. The fourth-order valence-electron chi connectivity index (χ4n) is 2.55. The van der Waals surface area contributed by atoms with Gasteiger partial charge in [-0.1, -0.05) is 18.2 Å². The highest BCUT2D eigenvalue weighted by molar-refractivity contribution is 7.92. The molecule has 0 saturated heterocycles. The minimum absolute atomic E-state index is 0.0804. The third-order valence-corrected chi connectivity index (χ3v) is 5.40. The Balaban J connectivity index is 1.90. The minimum Gasteiger partial charge on any atom is -0.497 e. The number of nitrogens with one attached hydrogen (secondary N) is 2. The summed E-state index contributed by atoms with van der Waals surface area (Å²) in [5.41, 5.74) is 1.57. The van der Waals surface area contributed by atoms with Crippen molar-refractivity contribution in [1.29, 1.82) is 0 Å². The number of carbonyl (C=O) groups excluding carboxylic acids is 1. The molecule has 0 aliphatic carbocycles. The van der Waals surface area contributed by atoms with Gasteiger partial charge in [-0.3, -0.25) is 14.5 Å². The second-order valence-electron chi connectivity index (χ2n) is 5.95. The SMILES string of the molecule is COc1ccc(S(=O)(=O)Nc2cccc(C)c2NC(=O)c2ccccn2)cc1. The highest BCUT2D eigenvalue weighted by Gasteiger charge is 2.18. The molecule has 2 N–H and O–H groups in total. The second kappa shape index (κ2) is 8.10. The second-order valence-corrected chi connectivity index (χ2v) is 7.63. The molecule has 0 unspecified atom stereocenters. The number of para-hydroxylation sites is 1. The molecule has 144 valence electrons. The van der Waals surface area contributed by atoms with E-state index in [-0.39, 0.29) is 16.3 Å². The van der Waals surface area contributed by atoms with E-state index in [0.29, 0.717) is 17.0 Å². The molecule has 8 heteroatoms. The number of aromatic nitrogens is 1. The summed E-state index contributed by atoms with van der Waals surface area (Å²) in [5, 5.41) is 2.74. The number of hydrogen-bond acceptors (Lipinski definition) is 5. The number of rotatable bonds is 6. The van der Waals surface area contributed by atoms with Crippen LogP contribution in [0.25, 0.3) is 0 Å². The van der Waals surface area contributed by atoms with Gasteiger partial charge in [0.05, 0.1) is 23.4 Å². The molecule has 28 heavy (non-hydrogen) atoms. The van der Waals surface area contributed by atoms with Crippen LogP contribution in [-0.4, -0.2) is 26.4 Å². The molecule has 2 aromatic carbocycles. The van der Waals surface area contributed by atoms with Gasteiger partial charge in [-0.15, -0.1) is 0 Å². The van der Waals surface area contributed by atoms with Gasteiger partial charge in [-0.05, 0) is 55.0 Å².